The van der Waals surface area contributed by atoms with Crippen molar-refractivity contribution < 1.29 is 9.53 Å². The van der Waals surface area contributed by atoms with Gasteiger partial charge in [-0.05, 0) is 23.0 Å². The molecule has 1 aromatic rings. The van der Waals surface area contributed by atoms with Crippen LogP contribution < -0.4 is 10.6 Å². The number of hydrogen-bond donors (Lipinski definition) is 2. The number of aliphatic imine (C=N–C) groups is 1. The van der Waals surface area contributed by atoms with Crippen molar-refractivity contribution in [3.63, 3.8) is 0 Å². The number of rotatable bonds is 6. The van der Waals surface area contributed by atoms with Crippen LogP contribution in [0.2, 0.25) is 0 Å². The number of halogens is 1. The Bertz CT molecular complexity index is 522. The predicted molar refractivity (Wildman–Crippen MR) is 110 cm³/mol. The van der Waals surface area contributed by atoms with Crippen molar-refractivity contribution in [3.05, 3.63) is 35.4 Å². The first-order chi connectivity index (χ1) is 10.9. The molecule has 0 amide bonds. The first-order valence-electron chi connectivity index (χ1n) is 7.97. The maximum absolute atomic E-state index is 11.1. The molecule has 0 heterocycles. The molecule has 6 heteroatoms. The Labute approximate surface area is 162 Å². The highest BCUT2D eigenvalue weighted by Crippen LogP contribution is 2.22. The van der Waals surface area contributed by atoms with Gasteiger partial charge in [0.1, 0.15) is 0 Å². The Hall–Kier alpha value is -1.31. The summed E-state index contributed by atoms with van der Waals surface area (Å²) in [5.74, 6) is 0.465. The lowest BCUT2D eigenvalue weighted by molar-refractivity contribution is -0.140. The maximum Gasteiger partial charge on any atom is 0.307 e. The largest absolute Gasteiger partial charge is 0.469 e. The van der Waals surface area contributed by atoms with E-state index in [1.807, 2.05) is 0 Å². The number of hydrogen-bond acceptors (Lipinski definition) is 3. The molecule has 0 fully saturated rings. The summed E-state index contributed by atoms with van der Waals surface area (Å²) in [5.41, 5.74) is 2.81. The van der Waals surface area contributed by atoms with E-state index in [9.17, 15) is 4.79 Å². The summed E-state index contributed by atoms with van der Waals surface area (Å²) < 4.78 is 4.60. The van der Waals surface area contributed by atoms with Crippen LogP contribution in [0.15, 0.2) is 29.3 Å². The molecule has 0 aliphatic carbocycles. The minimum atomic E-state index is -0.230. The molecule has 0 spiro atoms. The molecule has 0 bridgehead atoms. The van der Waals surface area contributed by atoms with Crippen LogP contribution in [0.1, 0.15) is 38.3 Å². The highest BCUT2D eigenvalue weighted by Gasteiger charge is 2.12. The molecule has 0 saturated heterocycles. The van der Waals surface area contributed by atoms with E-state index in [4.69, 9.17) is 0 Å². The van der Waals surface area contributed by atoms with Crippen molar-refractivity contribution in [1.29, 1.82) is 0 Å². The van der Waals surface area contributed by atoms with Gasteiger partial charge in [0, 0.05) is 20.1 Å². The van der Waals surface area contributed by atoms with E-state index in [1.165, 1.54) is 18.2 Å². The summed E-state index contributed by atoms with van der Waals surface area (Å²) in [6.45, 7) is 7.94. The lowest BCUT2D eigenvalue weighted by Gasteiger charge is -2.19. The number of ether oxygens (including phenoxy) is 1. The number of guanidine groups is 1. The molecule has 1 rings (SSSR count). The maximum atomic E-state index is 11.1. The van der Waals surface area contributed by atoms with Crippen molar-refractivity contribution >= 4 is 35.9 Å². The molecule has 1 aromatic carbocycles. The molecule has 0 radical (unpaired) electrons. The average molecular weight is 447 g/mol. The van der Waals surface area contributed by atoms with E-state index in [1.54, 1.807) is 7.05 Å². The Morgan fingerprint density at radius 3 is 2.21 bits per heavy atom. The fourth-order valence-electron chi connectivity index (χ4n) is 2.10. The molecule has 0 saturated carbocycles. The number of methoxy groups -OCH3 is 1. The van der Waals surface area contributed by atoms with Crippen molar-refractivity contribution in [2.24, 2.45) is 4.99 Å². The Kier molecular flexibility index (Phi) is 10.7. The number of carbonyl (C=O) groups excluding carboxylic acids is 1. The first kappa shape index (κ1) is 22.7. The summed E-state index contributed by atoms with van der Waals surface area (Å²) in [5, 5.41) is 6.33. The SMILES string of the molecule is CN=C(NCCC(=O)OC)NCCc1ccc(C(C)(C)C)cc1.I. The third kappa shape index (κ3) is 8.52. The van der Waals surface area contributed by atoms with Gasteiger partial charge in [-0.3, -0.25) is 9.79 Å². The molecule has 5 nitrogen and oxygen atoms in total. The van der Waals surface area contributed by atoms with Gasteiger partial charge in [0.25, 0.3) is 0 Å². The van der Waals surface area contributed by atoms with Gasteiger partial charge >= 0.3 is 5.97 Å². The highest BCUT2D eigenvalue weighted by molar-refractivity contribution is 14.0. The van der Waals surface area contributed by atoms with Gasteiger partial charge < -0.3 is 15.4 Å². The predicted octanol–water partition coefficient (Wildman–Crippen LogP) is 2.87. The number of nitrogens with one attached hydrogen (secondary N) is 2. The fraction of sp³-hybridized carbons (Fsp3) is 0.556. The second-order valence-electron chi connectivity index (χ2n) is 6.45. The molecular formula is C18H30IN3O2. The number of carbonyl (C=O) groups is 1. The molecule has 0 atom stereocenters. The fourth-order valence-corrected chi connectivity index (χ4v) is 2.10. The average Bonchev–Trinajstić information content (AvgIpc) is 2.52. The van der Waals surface area contributed by atoms with Gasteiger partial charge in [-0.15, -0.1) is 24.0 Å². The molecular weight excluding hydrogens is 417 g/mol. The van der Waals surface area contributed by atoms with E-state index in [0.29, 0.717) is 18.9 Å². The first-order valence-corrected chi connectivity index (χ1v) is 7.97. The van der Waals surface area contributed by atoms with Crippen molar-refractivity contribution in [2.75, 3.05) is 27.2 Å². The van der Waals surface area contributed by atoms with Gasteiger partial charge in [0.05, 0.1) is 13.5 Å². The Morgan fingerprint density at radius 1 is 1.12 bits per heavy atom. The van der Waals surface area contributed by atoms with Crippen LogP contribution in [0.25, 0.3) is 0 Å². The summed E-state index contributed by atoms with van der Waals surface area (Å²) in [6, 6.07) is 8.74. The quantitative estimate of drug-likeness (QED) is 0.305. The van der Waals surface area contributed by atoms with Crippen LogP contribution >= 0.6 is 24.0 Å². The second-order valence-corrected chi connectivity index (χ2v) is 6.45. The van der Waals surface area contributed by atoms with Crippen LogP contribution in [-0.4, -0.2) is 39.2 Å². The lowest BCUT2D eigenvalue weighted by atomic mass is 9.86. The Morgan fingerprint density at radius 2 is 1.71 bits per heavy atom. The van der Waals surface area contributed by atoms with E-state index in [2.05, 4.69) is 65.4 Å². The zero-order chi connectivity index (χ0) is 17.3. The highest BCUT2D eigenvalue weighted by atomic mass is 127. The third-order valence-electron chi connectivity index (χ3n) is 3.60. The number of nitrogens with zero attached hydrogens (tertiary/aromatic N) is 1. The van der Waals surface area contributed by atoms with Crippen LogP contribution in [-0.2, 0) is 21.4 Å². The summed E-state index contributed by atoms with van der Waals surface area (Å²) >= 11 is 0. The second kappa shape index (κ2) is 11.3. The van der Waals surface area contributed by atoms with E-state index >= 15 is 0 Å². The minimum Gasteiger partial charge on any atom is -0.469 e. The minimum absolute atomic E-state index is 0. The van der Waals surface area contributed by atoms with E-state index in [0.717, 1.165) is 13.0 Å². The zero-order valence-corrected chi connectivity index (χ0v) is 17.6. The number of benzene rings is 1. The van der Waals surface area contributed by atoms with Crippen LogP contribution in [0.5, 0.6) is 0 Å². The monoisotopic (exact) mass is 447 g/mol. The van der Waals surface area contributed by atoms with E-state index in [-0.39, 0.29) is 35.4 Å². The van der Waals surface area contributed by atoms with Gasteiger partial charge in [-0.1, -0.05) is 45.0 Å². The van der Waals surface area contributed by atoms with Crippen LogP contribution in [0.4, 0.5) is 0 Å². The van der Waals surface area contributed by atoms with Gasteiger partial charge in [0.15, 0.2) is 5.96 Å². The van der Waals surface area contributed by atoms with Gasteiger partial charge in [-0.2, -0.15) is 0 Å². The molecule has 2 N–H and O–H groups in total. The standard InChI is InChI=1S/C18H29N3O2.HI/c1-18(2,3)15-8-6-14(7-9-15)10-12-20-17(19-4)21-13-11-16(22)23-5;/h6-9H,10-13H2,1-5H3,(H2,19,20,21);1H. The number of esters is 1. The summed E-state index contributed by atoms with van der Waals surface area (Å²) in [4.78, 5) is 15.2. The summed E-state index contributed by atoms with van der Waals surface area (Å²) in [6.07, 6.45) is 1.24. The third-order valence-corrected chi connectivity index (χ3v) is 3.60. The van der Waals surface area contributed by atoms with Crippen molar-refractivity contribution in [3.8, 4) is 0 Å². The topological polar surface area (TPSA) is 62.7 Å². The van der Waals surface area contributed by atoms with E-state index < -0.39 is 0 Å². The van der Waals surface area contributed by atoms with Crippen molar-refractivity contribution in [2.45, 2.75) is 39.0 Å². The molecule has 24 heavy (non-hydrogen) atoms. The lowest BCUT2D eigenvalue weighted by Crippen LogP contribution is -2.39. The van der Waals surface area contributed by atoms with Gasteiger partial charge in [0.2, 0.25) is 0 Å². The molecule has 0 unspecified atom stereocenters. The van der Waals surface area contributed by atoms with Crippen molar-refractivity contribution in [1.82, 2.24) is 10.6 Å². The smallest absolute Gasteiger partial charge is 0.307 e. The normalized spacial score (nSPS) is 11.5. The molecule has 0 aromatic heterocycles. The molecule has 136 valence electrons. The van der Waals surface area contributed by atoms with Gasteiger partial charge in [-0.25, -0.2) is 0 Å². The summed E-state index contributed by atoms with van der Waals surface area (Å²) in [7, 11) is 3.10. The molecule has 0 aliphatic rings. The zero-order valence-electron chi connectivity index (χ0n) is 15.3. The van der Waals surface area contributed by atoms with Crippen LogP contribution in [0, 0.1) is 0 Å². The molecule has 0 aliphatic heterocycles. The van der Waals surface area contributed by atoms with Crippen LogP contribution in [0.3, 0.4) is 0 Å². The Balaban J connectivity index is 0.00000529.